The van der Waals surface area contributed by atoms with Crippen molar-refractivity contribution in [3.8, 4) is 22.8 Å². The molecule has 0 amide bonds. The standard InChI is InChI=1S/C21H27N5O4/c1-13-19(16-6-7-17-15(20(16)29)8-11-30-17)24-25-21(22-13)23-14-4-2-9-26(12-14)10-3-5-18(27)28/h6-7,14,29H,2-5,8-12H2,1H3,(H,27,28)(H,22,23,25). The molecule has 1 saturated heterocycles. The summed E-state index contributed by atoms with van der Waals surface area (Å²) < 4.78 is 5.49. The fourth-order valence-corrected chi connectivity index (χ4v) is 4.18. The van der Waals surface area contributed by atoms with Crippen LogP contribution < -0.4 is 10.1 Å². The predicted molar refractivity (Wildman–Crippen MR) is 111 cm³/mol. The number of likely N-dealkylation sites (tertiary alicyclic amines) is 1. The lowest BCUT2D eigenvalue weighted by Gasteiger charge is -2.33. The molecule has 3 N–H and O–H groups in total. The molecule has 1 unspecified atom stereocenters. The van der Waals surface area contributed by atoms with Gasteiger partial charge in [-0.2, -0.15) is 0 Å². The van der Waals surface area contributed by atoms with Crippen LogP contribution in [0.25, 0.3) is 11.3 Å². The molecule has 1 atom stereocenters. The molecule has 2 aromatic rings. The van der Waals surface area contributed by atoms with Crippen LogP contribution in [0.3, 0.4) is 0 Å². The van der Waals surface area contributed by atoms with Crippen LogP contribution in [0.2, 0.25) is 0 Å². The summed E-state index contributed by atoms with van der Waals surface area (Å²) >= 11 is 0. The Morgan fingerprint density at radius 3 is 3.03 bits per heavy atom. The van der Waals surface area contributed by atoms with Crippen LogP contribution in [0.4, 0.5) is 5.95 Å². The molecule has 0 spiro atoms. The molecule has 3 heterocycles. The number of anilines is 1. The van der Waals surface area contributed by atoms with Gasteiger partial charge in [0.15, 0.2) is 0 Å². The van der Waals surface area contributed by atoms with Gasteiger partial charge in [0.05, 0.1) is 12.3 Å². The number of carboxylic acid groups (broad SMARTS) is 1. The first-order chi connectivity index (χ1) is 14.5. The van der Waals surface area contributed by atoms with Crippen LogP contribution in [0.15, 0.2) is 12.1 Å². The van der Waals surface area contributed by atoms with Crippen LogP contribution in [0, 0.1) is 6.92 Å². The lowest BCUT2D eigenvalue weighted by atomic mass is 10.0. The number of nitrogens with zero attached hydrogens (tertiary/aromatic N) is 4. The quantitative estimate of drug-likeness (QED) is 0.627. The SMILES string of the molecule is Cc1nc(NC2CCCN(CCCC(=O)O)C2)nnc1-c1ccc2c(c1O)CCO2. The van der Waals surface area contributed by atoms with Crippen LogP contribution in [0.5, 0.6) is 11.5 Å². The summed E-state index contributed by atoms with van der Waals surface area (Å²) in [6.45, 7) is 5.03. The van der Waals surface area contributed by atoms with Crippen molar-refractivity contribution in [1.82, 2.24) is 20.1 Å². The van der Waals surface area contributed by atoms with Gasteiger partial charge in [-0.3, -0.25) is 4.79 Å². The van der Waals surface area contributed by atoms with Crippen LogP contribution in [-0.2, 0) is 11.2 Å². The number of benzene rings is 1. The minimum atomic E-state index is -0.751. The Bertz CT molecular complexity index is 936. The molecule has 9 nitrogen and oxygen atoms in total. The molecule has 1 fully saturated rings. The summed E-state index contributed by atoms with van der Waals surface area (Å²) in [6, 6.07) is 3.84. The zero-order valence-corrected chi connectivity index (χ0v) is 17.1. The van der Waals surface area contributed by atoms with Gasteiger partial charge >= 0.3 is 5.97 Å². The Morgan fingerprint density at radius 1 is 1.37 bits per heavy atom. The molecule has 0 bridgehead atoms. The number of hydrogen-bond acceptors (Lipinski definition) is 8. The van der Waals surface area contributed by atoms with E-state index >= 15 is 0 Å². The summed E-state index contributed by atoms with van der Waals surface area (Å²) in [5, 5.41) is 31.4. The van der Waals surface area contributed by atoms with E-state index in [1.165, 1.54) is 0 Å². The highest BCUT2D eigenvalue weighted by Crippen LogP contribution is 2.40. The second kappa shape index (κ2) is 8.83. The molecule has 4 rings (SSSR count). The van der Waals surface area contributed by atoms with E-state index < -0.39 is 5.97 Å². The summed E-state index contributed by atoms with van der Waals surface area (Å²) in [5.74, 6) is 0.629. The van der Waals surface area contributed by atoms with Gasteiger partial charge in [0, 0.05) is 36.6 Å². The minimum absolute atomic E-state index is 0.189. The van der Waals surface area contributed by atoms with Crippen LogP contribution in [-0.4, -0.2) is 68.5 Å². The van der Waals surface area contributed by atoms with Crippen LogP contribution >= 0.6 is 0 Å². The van der Waals surface area contributed by atoms with Crippen molar-refractivity contribution in [1.29, 1.82) is 0 Å². The Kier molecular flexibility index (Phi) is 5.98. The molecule has 2 aliphatic rings. The Morgan fingerprint density at radius 2 is 2.23 bits per heavy atom. The molecule has 30 heavy (non-hydrogen) atoms. The Balaban J connectivity index is 1.42. The van der Waals surface area contributed by atoms with Gasteiger partial charge in [-0.05, 0) is 51.4 Å². The van der Waals surface area contributed by atoms with Gasteiger partial charge < -0.3 is 25.2 Å². The number of ether oxygens (including phenoxy) is 1. The predicted octanol–water partition coefficient (Wildman–Crippen LogP) is 2.23. The number of piperidine rings is 1. The Hall–Kier alpha value is -2.94. The maximum Gasteiger partial charge on any atom is 0.303 e. The van der Waals surface area contributed by atoms with Crippen LogP contribution in [0.1, 0.15) is 36.9 Å². The summed E-state index contributed by atoms with van der Waals surface area (Å²) in [6.07, 6.45) is 3.58. The van der Waals surface area contributed by atoms with E-state index in [1.807, 2.05) is 13.0 Å². The highest BCUT2D eigenvalue weighted by atomic mass is 16.5. The van der Waals surface area contributed by atoms with E-state index in [0.717, 1.165) is 43.8 Å². The lowest BCUT2D eigenvalue weighted by Crippen LogP contribution is -2.42. The topological polar surface area (TPSA) is 121 Å². The van der Waals surface area contributed by atoms with E-state index in [9.17, 15) is 9.90 Å². The van der Waals surface area contributed by atoms with Crippen molar-refractivity contribution in [2.45, 2.75) is 45.1 Å². The average Bonchev–Trinajstić information content (AvgIpc) is 3.19. The van der Waals surface area contributed by atoms with E-state index in [0.29, 0.717) is 42.3 Å². The van der Waals surface area contributed by atoms with Gasteiger partial charge in [0.2, 0.25) is 5.95 Å². The maximum absolute atomic E-state index is 10.7. The van der Waals surface area contributed by atoms with Crippen molar-refractivity contribution < 1.29 is 19.7 Å². The largest absolute Gasteiger partial charge is 0.507 e. The van der Waals surface area contributed by atoms with Crippen molar-refractivity contribution in [2.75, 3.05) is 31.6 Å². The second-order valence-corrected chi connectivity index (χ2v) is 7.89. The summed E-state index contributed by atoms with van der Waals surface area (Å²) in [4.78, 5) is 17.6. The number of rotatable bonds is 7. The third kappa shape index (κ3) is 4.46. The third-order valence-electron chi connectivity index (χ3n) is 5.67. The van der Waals surface area contributed by atoms with Gasteiger partial charge in [-0.25, -0.2) is 4.98 Å². The monoisotopic (exact) mass is 413 g/mol. The number of phenols is 1. The molecule has 0 saturated carbocycles. The normalized spacial score (nSPS) is 18.6. The molecule has 1 aromatic heterocycles. The van der Waals surface area contributed by atoms with Gasteiger partial charge in [-0.15, -0.1) is 10.2 Å². The van der Waals surface area contributed by atoms with E-state index in [1.54, 1.807) is 6.07 Å². The number of aromatic hydroxyl groups is 1. The van der Waals surface area contributed by atoms with Crippen molar-refractivity contribution in [3.63, 3.8) is 0 Å². The van der Waals surface area contributed by atoms with Gasteiger partial charge in [0.25, 0.3) is 0 Å². The first-order valence-electron chi connectivity index (χ1n) is 10.4. The number of aliphatic carboxylic acids is 1. The summed E-state index contributed by atoms with van der Waals surface area (Å²) in [7, 11) is 0. The molecular weight excluding hydrogens is 386 g/mol. The van der Waals surface area contributed by atoms with Crippen molar-refractivity contribution >= 4 is 11.9 Å². The first kappa shape index (κ1) is 20.3. The minimum Gasteiger partial charge on any atom is -0.507 e. The number of carbonyl (C=O) groups is 1. The van der Waals surface area contributed by atoms with Gasteiger partial charge in [0.1, 0.15) is 17.2 Å². The summed E-state index contributed by atoms with van der Waals surface area (Å²) in [5.41, 5.74) is 2.68. The zero-order valence-electron chi connectivity index (χ0n) is 17.1. The lowest BCUT2D eigenvalue weighted by molar-refractivity contribution is -0.137. The number of fused-ring (bicyclic) bond motifs is 1. The second-order valence-electron chi connectivity index (χ2n) is 7.89. The van der Waals surface area contributed by atoms with Gasteiger partial charge in [-0.1, -0.05) is 0 Å². The first-order valence-corrected chi connectivity index (χ1v) is 10.4. The van der Waals surface area contributed by atoms with Crippen molar-refractivity contribution in [2.24, 2.45) is 0 Å². The molecule has 160 valence electrons. The third-order valence-corrected chi connectivity index (χ3v) is 5.67. The van der Waals surface area contributed by atoms with E-state index in [-0.39, 0.29) is 18.2 Å². The Labute approximate surface area is 175 Å². The molecular formula is C21H27N5O4. The fourth-order valence-electron chi connectivity index (χ4n) is 4.18. The number of aryl methyl sites for hydroxylation is 1. The maximum atomic E-state index is 10.7. The number of phenolic OH excluding ortho intramolecular Hbond substituents is 1. The highest BCUT2D eigenvalue weighted by molar-refractivity contribution is 5.72. The molecule has 1 aromatic carbocycles. The molecule has 0 aliphatic carbocycles. The highest BCUT2D eigenvalue weighted by Gasteiger charge is 2.23. The molecule has 2 aliphatic heterocycles. The number of carboxylic acids is 1. The molecule has 9 heteroatoms. The number of hydrogen-bond donors (Lipinski definition) is 3. The number of aromatic nitrogens is 3. The van der Waals surface area contributed by atoms with E-state index in [4.69, 9.17) is 9.84 Å². The number of nitrogens with one attached hydrogen (secondary N) is 1. The zero-order chi connectivity index (χ0) is 21.1. The van der Waals surface area contributed by atoms with Crippen molar-refractivity contribution in [3.05, 3.63) is 23.4 Å². The fraction of sp³-hybridized carbons (Fsp3) is 0.524. The molecule has 0 radical (unpaired) electrons. The van der Waals surface area contributed by atoms with E-state index in [2.05, 4.69) is 25.4 Å². The smallest absolute Gasteiger partial charge is 0.303 e. The average molecular weight is 413 g/mol.